The maximum atomic E-state index is 12.3. The number of hydrogen-bond donors (Lipinski definition) is 2. The molecule has 7 heteroatoms. The number of thiophene rings is 1. The molecule has 2 atom stereocenters. The first-order chi connectivity index (χ1) is 9.65. The van der Waals surface area contributed by atoms with Gasteiger partial charge in [0.2, 0.25) is 0 Å². The lowest BCUT2D eigenvalue weighted by Gasteiger charge is -2.27. The van der Waals surface area contributed by atoms with Crippen LogP contribution in [0.2, 0.25) is 0 Å². The molecular weight excluding hydrogens is 276 g/mol. The average molecular weight is 292 g/mol. The van der Waals surface area contributed by atoms with E-state index in [1.807, 2.05) is 6.92 Å². The van der Waals surface area contributed by atoms with Crippen molar-refractivity contribution in [1.82, 2.24) is 15.3 Å². The number of carbonyl (C=O) groups is 1. The molecule has 3 rings (SSSR count). The summed E-state index contributed by atoms with van der Waals surface area (Å²) in [4.78, 5) is 21.9. The van der Waals surface area contributed by atoms with E-state index in [1.165, 1.54) is 11.3 Å². The Bertz CT molecular complexity index is 642. The van der Waals surface area contributed by atoms with E-state index in [4.69, 9.17) is 10.5 Å². The third kappa shape index (κ3) is 2.46. The number of nitrogens with two attached hydrogens (primary N) is 1. The molecule has 2 aromatic rings. The summed E-state index contributed by atoms with van der Waals surface area (Å²) in [5.74, 6) is -0.147. The van der Waals surface area contributed by atoms with Crippen LogP contribution in [0, 0.1) is 0 Å². The lowest BCUT2D eigenvalue weighted by molar-refractivity contribution is 0.0137. The van der Waals surface area contributed by atoms with E-state index in [9.17, 15) is 4.79 Å². The molecule has 1 fully saturated rings. The Kier molecular flexibility index (Phi) is 3.54. The summed E-state index contributed by atoms with van der Waals surface area (Å²) in [6, 6.07) is 0.136. The first-order valence-electron chi connectivity index (χ1n) is 6.56. The fourth-order valence-electron chi connectivity index (χ4n) is 2.39. The van der Waals surface area contributed by atoms with Crippen LogP contribution in [0.3, 0.4) is 0 Å². The van der Waals surface area contributed by atoms with Gasteiger partial charge in [-0.05, 0) is 19.8 Å². The van der Waals surface area contributed by atoms with Crippen LogP contribution in [0.5, 0.6) is 0 Å². The standard InChI is InChI=1S/C13H16N4O2S/c1-7-6-8(2-5-19-7)17-12(18)11-9(14)10-13(20-11)16-4-3-15-10/h3-4,7-8H,2,5-6,14H2,1H3,(H,17,18). The van der Waals surface area contributed by atoms with Gasteiger partial charge in [-0.3, -0.25) is 4.79 Å². The quantitative estimate of drug-likeness (QED) is 0.877. The number of rotatable bonds is 2. The van der Waals surface area contributed by atoms with Crippen LogP contribution in [0.15, 0.2) is 12.4 Å². The molecule has 0 bridgehead atoms. The van der Waals surface area contributed by atoms with Gasteiger partial charge in [0.25, 0.3) is 5.91 Å². The van der Waals surface area contributed by atoms with Crippen LogP contribution >= 0.6 is 11.3 Å². The van der Waals surface area contributed by atoms with Gasteiger partial charge < -0.3 is 15.8 Å². The molecule has 1 saturated heterocycles. The van der Waals surface area contributed by atoms with Crippen LogP contribution in [-0.2, 0) is 4.74 Å². The fourth-order valence-corrected chi connectivity index (χ4v) is 3.32. The number of fused-ring (bicyclic) bond motifs is 1. The van der Waals surface area contributed by atoms with Crippen molar-refractivity contribution in [1.29, 1.82) is 0 Å². The second-order valence-corrected chi connectivity index (χ2v) is 5.93. The van der Waals surface area contributed by atoms with E-state index >= 15 is 0 Å². The van der Waals surface area contributed by atoms with Crippen LogP contribution in [0.4, 0.5) is 5.69 Å². The minimum absolute atomic E-state index is 0.136. The first kappa shape index (κ1) is 13.3. The highest BCUT2D eigenvalue weighted by molar-refractivity contribution is 7.21. The molecule has 2 unspecified atom stereocenters. The molecule has 20 heavy (non-hydrogen) atoms. The molecule has 1 aliphatic rings. The molecule has 0 spiro atoms. The molecular formula is C13H16N4O2S. The SMILES string of the molecule is CC1CC(NC(=O)c2sc3nccnc3c2N)CCO1. The van der Waals surface area contributed by atoms with Gasteiger partial charge in [-0.1, -0.05) is 0 Å². The van der Waals surface area contributed by atoms with Gasteiger partial charge in [0.15, 0.2) is 0 Å². The lowest BCUT2D eigenvalue weighted by Crippen LogP contribution is -2.41. The Morgan fingerprint density at radius 3 is 3.05 bits per heavy atom. The normalized spacial score (nSPS) is 22.9. The third-order valence-electron chi connectivity index (χ3n) is 3.39. The number of ether oxygens (including phenoxy) is 1. The highest BCUT2D eigenvalue weighted by Gasteiger charge is 2.24. The summed E-state index contributed by atoms with van der Waals surface area (Å²) < 4.78 is 5.47. The largest absolute Gasteiger partial charge is 0.396 e. The van der Waals surface area contributed by atoms with Gasteiger partial charge >= 0.3 is 0 Å². The minimum atomic E-state index is -0.147. The lowest BCUT2D eigenvalue weighted by atomic mass is 10.0. The summed E-state index contributed by atoms with van der Waals surface area (Å²) in [6.07, 6.45) is 5.01. The van der Waals surface area contributed by atoms with Crippen LogP contribution < -0.4 is 11.1 Å². The molecule has 1 amide bonds. The fraction of sp³-hybridized carbons (Fsp3) is 0.462. The number of aromatic nitrogens is 2. The highest BCUT2D eigenvalue weighted by Crippen LogP contribution is 2.30. The Hall–Kier alpha value is -1.73. The molecule has 3 N–H and O–H groups in total. The Morgan fingerprint density at radius 2 is 2.30 bits per heavy atom. The second kappa shape index (κ2) is 5.34. The first-order valence-corrected chi connectivity index (χ1v) is 7.38. The summed E-state index contributed by atoms with van der Waals surface area (Å²) in [5.41, 5.74) is 7.01. The van der Waals surface area contributed by atoms with Gasteiger partial charge in [0.1, 0.15) is 15.2 Å². The van der Waals surface area contributed by atoms with Crippen molar-refractivity contribution in [2.45, 2.75) is 31.9 Å². The maximum Gasteiger partial charge on any atom is 0.263 e. The number of nitrogens with one attached hydrogen (secondary N) is 1. The molecule has 3 heterocycles. The molecule has 0 radical (unpaired) electrons. The van der Waals surface area contributed by atoms with Crippen molar-refractivity contribution < 1.29 is 9.53 Å². The van der Waals surface area contributed by atoms with Crippen molar-refractivity contribution in [3.63, 3.8) is 0 Å². The molecule has 0 aliphatic carbocycles. The number of carbonyl (C=O) groups excluding carboxylic acids is 1. The number of anilines is 1. The highest BCUT2D eigenvalue weighted by atomic mass is 32.1. The van der Waals surface area contributed by atoms with Crippen molar-refractivity contribution in [2.24, 2.45) is 0 Å². The van der Waals surface area contributed by atoms with E-state index in [2.05, 4.69) is 15.3 Å². The van der Waals surface area contributed by atoms with Crippen molar-refractivity contribution in [3.05, 3.63) is 17.3 Å². The smallest absolute Gasteiger partial charge is 0.263 e. The van der Waals surface area contributed by atoms with Gasteiger partial charge in [-0.25, -0.2) is 9.97 Å². The van der Waals surface area contributed by atoms with Crippen LogP contribution in [-0.4, -0.2) is 34.6 Å². The van der Waals surface area contributed by atoms with Crippen LogP contribution in [0.25, 0.3) is 10.3 Å². The Labute approximate surface area is 120 Å². The van der Waals surface area contributed by atoms with E-state index in [0.29, 0.717) is 27.5 Å². The Balaban J connectivity index is 1.80. The zero-order valence-electron chi connectivity index (χ0n) is 11.1. The van der Waals surface area contributed by atoms with E-state index in [1.54, 1.807) is 12.4 Å². The zero-order chi connectivity index (χ0) is 14.1. The zero-order valence-corrected chi connectivity index (χ0v) is 11.9. The molecule has 1 aliphatic heterocycles. The van der Waals surface area contributed by atoms with Crippen molar-refractivity contribution in [3.8, 4) is 0 Å². The van der Waals surface area contributed by atoms with E-state index in [-0.39, 0.29) is 18.1 Å². The predicted octanol–water partition coefficient (Wildman–Crippen LogP) is 1.57. The molecule has 0 saturated carbocycles. The van der Waals surface area contributed by atoms with Gasteiger partial charge in [0.05, 0.1) is 11.8 Å². The molecule has 6 nitrogen and oxygen atoms in total. The second-order valence-electron chi connectivity index (χ2n) is 4.93. The summed E-state index contributed by atoms with van der Waals surface area (Å²) >= 11 is 1.28. The topological polar surface area (TPSA) is 90.1 Å². The number of hydrogen-bond acceptors (Lipinski definition) is 6. The maximum absolute atomic E-state index is 12.3. The molecule has 0 aromatic carbocycles. The monoisotopic (exact) mass is 292 g/mol. The number of nitrogen functional groups attached to an aromatic ring is 1. The summed E-state index contributed by atoms with van der Waals surface area (Å²) in [7, 11) is 0. The van der Waals surface area contributed by atoms with E-state index < -0.39 is 0 Å². The van der Waals surface area contributed by atoms with E-state index in [0.717, 1.165) is 12.8 Å². The molecule has 106 valence electrons. The van der Waals surface area contributed by atoms with Crippen molar-refractivity contribution in [2.75, 3.05) is 12.3 Å². The average Bonchev–Trinajstić information content (AvgIpc) is 2.77. The number of amides is 1. The summed E-state index contributed by atoms with van der Waals surface area (Å²) in [6.45, 7) is 2.69. The Morgan fingerprint density at radius 1 is 1.50 bits per heavy atom. The summed E-state index contributed by atoms with van der Waals surface area (Å²) in [5, 5.41) is 3.02. The van der Waals surface area contributed by atoms with Gasteiger partial charge in [0, 0.05) is 25.0 Å². The van der Waals surface area contributed by atoms with Crippen LogP contribution in [0.1, 0.15) is 29.4 Å². The van der Waals surface area contributed by atoms with Crippen molar-refractivity contribution >= 4 is 33.3 Å². The number of nitrogens with zero attached hydrogens (tertiary/aromatic N) is 2. The minimum Gasteiger partial charge on any atom is -0.396 e. The van der Waals surface area contributed by atoms with Gasteiger partial charge in [-0.2, -0.15) is 0 Å². The van der Waals surface area contributed by atoms with Gasteiger partial charge in [-0.15, -0.1) is 11.3 Å². The third-order valence-corrected chi connectivity index (χ3v) is 4.49. The predicted molar refractivity (Wildman–Crippen MR) is 77.7 cm³/mol. The molecule has 2 aromatic heterocycles.